The van der Waals surface area contributed by atoms with E-state index in [0.29, 0.717) is 22.3 Å². The molecular weight excluding hydrogens is 742 g/mol. The van der Waals surface area contributed by atoms with E-state index < -0.39 is 5.91 Å². The highest BCUT2D eigenvalue weighted by Gasteiger charge is 2.34. The SMILES string of the molecule is CC.O=C1NC(=Nc2ccc(N=Nc3c(O)c(CONc4ccccc4)cc4ccc5c6ccccc6[nH]c5c34)cc2)c2c(Cl)c(Cl)c(Cl)c(Cl)c21. The monoisotopic (exact) mass is 768 g/mol. The van der Waals surface area contributed by atoms with E-state index in [-0.39, 0.29) is 55.1 Å². The third kappa shape index (κ3) is 6.42. The molecule has 4 N–H and O–H groups in total. The third-order valence-corrected chi connectivity index (χ3v) is 10.1. The fraction of sp³-hybridized carbons (Fsp3) is 0.0769. The van der Waals surface area contributed by atoms with E-state index in [4.69, 9.17) is 51.2 Å². The fourth-order valence-corrected chi connectivity index (χ4v) is 6.99. The minimum Gasteiger partial charge on any atom is -0.505 e. The molecule has 13 heteroatoms. The number of para-hydroxylation sites is 2. The van der Waals surface area contributed by atoms with Crippen molar-refractivity contribution < 1.29 is 14.7 Å². The quantitative estimate of drug-likeness (QED) is 0.0557. The van der Waals surface area contributed by atoms with Crippen LogP contribution in [0.2, 0.25) is 20.1 Å². The second kappa shape index (κ2) is 14.8. The number of nitrogens with zero attached hydrogens (tertiary/aromatic N) is 3. The first-order valence-electron chi connectivity index (χ1n) is 16.2. The van der Waals surface area contributed by atoms with Crippen molar-refractivity contribution in [2.45, 2.75) is 20.5 Å². The Bertz CT molecular complexity index is 2570. The summed E-state index contributed by atoms with van der Waals surface area (Å²) in [4.78, 5) is 26.5. The Morgan fingerprint density at radius 3 is 2.17 bits per heavy atom. The molecule has 0 aliphatic carbocycles. The number of azo groups is 1. The Hall–Kier alpha value is -5.16. The molecule has 260 valence electrons. The number of aromatic amines is 1. The van der Waals surface area contributed by atoms with Gasteiger partial charge in [-0.15, -0.1) is 5.11 Å². The van der Waals surface area contributed by atoms with Gasteiger partial charge in [0, 0.05) is 27.2 Å². The fourth-order valence-electron chi connectivity index (χ4n) is 5.96. The number of hydrogen-bond donors (Lipinski definition) is 4. The van der Waals surface area contributed by atoms with Gasteiger partial charge < -0.3 is 15.4 Å². The van der Waals surface area contributed by atoms with Gasteiger partial charge in [0.05, 0.1) is 53.8 Å². The third-order valence-electron chi connectivity index (χ3n) is 8.32. The number of hydrogen-bond acceptors (Lipinski definition) is 7. The molecule has 0 saturated carbocycles. The Balaban J connectivity index is 0.00000207. The number of anilines is 1. The molecule has 8 rings (SSSR count). The number of halogens is 4. The smallest absolute Gasteiger partial charge is 0.259 e. The van der Waals surface area contributed by atoms with E-state index in [9.17, 15) is 9.90 Å². The maximum Gasteiger partial charge on any atom is 0.259 e. The molecular formula is C39H28Cl4N6O3. The number of phenolic OH excluding ortho intramolecular Hbond substituents is 1. The summed E-state index contributed by atoms with van der Waals surface area (Å²) in [7, 11) is 0. The Labute approximate surface area is 317 Å². The van der Waals surface area contributed by atoms with Crippen LogP contribution in [-0.4, -0.2) is 21.8 Å². The lowest BCUT2D eigenvalue weighted by molar-refractivity contribution is 0.0983. The number of phenols is 1. The second-order valence-corrected chi connectivity index (χ2v) is 12.9. The van der Waals surface area contributed by atoms with Crippen molar-refractivity contribution >= 4 is 113 Å². The van der Waals surface area contributed by atoms with Gasteiger partial charge in [0.2, 0.25) is 0 Å². The first-order chi connectivity index (χ1) is 25.3. The number of aromatic nitrogens is 1. The number of rotatable bonds is 7. The average molecular weight is 771 g/mol. The predicted molar refractivity (Wildman–Crippen MR) is 212 cm³/mol. The molecule has 0 atom stereocenters. The first kappa shape index (κ1) is 35.3. The molecule has 0 saturated heterocycles. The van der Waals surface area contributed by atoms with E-state index in [2.05, 4.69) is 37.1 Å². The van der Waals surface area contributed by atoms with Crippen LogP contribution in [0, 0.1) is 0 Å². The lowest BCUT2D eigenvalue weighted by Gasteiger charge is -2.13. The number of H-pyrrole nitrogens is 1. The van der Waals surface area contributed by atoms with Gasteiger partial charge in [-0.25, -0.2) is 4.99 Å². The summed E-state index contributed by atoms with van der Waals surface area (Å²) in [6.07, 6.45) is 0. The molecule has 7 aromatic rings. The van der Waals surface area contributed by atoms with Gasteiger partial charge in [-0.1, -0.05) is 109 Å². The molecule has 1 amide bonds. The van der Waals surface area contributed by atoms with Crippen LogP contribution in [-0.2, 0) is 11.4 Å². The van der Waals surface area contributed by atoms with Gasteiger partial charge in [-0.2, -0.15) is 5.11 Å². The Kier molecular flexibility index (Phi) is 10.1. The minimum absolute atomic E-state index is 0.00175. The zero-order valence-electron chi connectivity index (χ0n) is 27.6. The number of carbonyl (C=O) groups is 1. The van der Waals surface area contributed by atoms with Gasteiger partial charge in [0.1, 0.15) is 23.9 Å². The molecule has 0 spiro atoms. The zero-order chi connectivity index (χ0) is 36.5. The van der Waals surface area contributed by atoms with Crippen LogP contribution in [0.1, 0.15) is 35.3 Å². The summed E-state index contributed by atoms with van der Waals surface area (Å²) in [5.41, 5.74) is 7.65. The van der Waals surface area contributed by atoms with Crippen LogP contribution in [0.3, 0.4) is 0 Å². The van der Waals surface area contributed by atoms with Crippen molar-refractivity contribution in [3.63, 3.8) is 0 Å². The Morgan fingerprint density at radius 2 is 1.42 bits per heavy atom. The number of benzene rings is 6. The van der Waals surface area contributed by atoms with Crippen molar-refractivity contribution in [3.05, 3.63) is 134 Å². The van der Waals surface area contributed by atoms with Crippen LogP contribution < -0.4 is 10.8 Å². The normalized spacial score (nSPS) is 13.2. The minimum atomic E-state index is -0.491. The highest BCUT2D eigenvalue weighted by molar-refractivity contribution is 6.55. The average Bonchev–Trinajstić information content (AvgIpc) is 3.71. The summed E-state index contributed by atoms with van der Waals surface area (Å²) in [6.45, 7) is 4.06. The molecule has 9 nitrogen and oxygen atoms in total. The number of amidine groups is 1. The van der Waals surface area contributed by atoms with Crippen LogP contribution in [0.5, 0.6) is 5.75 Å². The lowest BCUT2D eigenvalue weighted by Crippen LogP contribution is -2.21. The number of nitrogens with one attached hydrogen (secondary N) is 3. The van der Waals surface area contributed by atoms with Crippen molar-refractivity contribution in [2.24, 2.45) is 15.2 Å². The molecule has 52 heavy (non-hydrogen) atoms. The largest absolute Gasteiger partial charge is 0.505 e. The van der Waals surface area contributed by atoms with Crippen molar-refractivity contribution in [3.8, 4) is 5.75 Å². The van der Waals surface area contributed by atoms with Gasteiger partial charge in [-0.3, -0.25) is 15.1 Å². The van der Waals surface area contributed by atoms with Crippen LogP contribution in [0.15, 0.2) is 112 Å². The van der Waals surface area contributed by atoms with E-state index >= 15 is 0 Å². The highest BCUT2D eigenvalue weighted by Crippen LogP contribution is 2.45. The lowest BCUT2D eigenvalue weighted by atomic mass is 10.0. The summed E-state index contributed by atoms with van der Waals surface area (Å²) >= 11 is 25.2. The highest BCUT2D eigenvalue weighted by atomic mass is 35.5. The number of aliphatic imine (C=N–C) groups is 1. The number of amides is 1. The summed E-state index contributed by atoms with van der Waals surface area (Å²) < 4.78 is 0. The van der Waals surface area contributed by atoms with Crippen LogP contribution >= 0.6 is 46.4 Å². The molecule has 1 aliphatic heterocycles. The first-order valence-corrected chi connectivity index (χ1v) is 17.7. The maximum absolute atomic E-state index is 12.7. The number of fused-ring (bicyclic) bond motifs is 6. The molecule has 1 aromatic heterocycles. The van der Waals surface area contributed by atoms with E-state index in [0.717, 1.165) is 32.9 Å². The summed E-state index contributed by atoms with van der Waals surface area (Å²) in [6, 6.07) is 30.2. The van der Waals surface area contributed by atoms with Crippen LogP contribution in [0.4, 0.5) is 22.7 Å². The second-order valence-electron chi connectivity index (χ2n) is 11.4. The van der Waals surface area contributed by atoms with Crippen molar-refractivity contribution in [1.82, 2.24) is 10.3 Å². The number of aromatic hydroxyl groups is 1. The van der Waals surface area contributed by atoms with E-state index in [1.54, 1.807) is 24.3 Å². The standard InChI is InChI=1S/C37H22Cl4N6O3.C2H6/c38-29-27-28(30(39)32(41)31(29)40)37(49)44-36(27)42-20-11-13-21(14-12-20)45-46-34-26-18(10-15-24-23-8-4-5-9-25(23)43-33(24)26)16-19(35(34)48)17-50-47-22-6-2-1-3-7-22;1-2/h1-16,43,47-48H,17H2,(H,42,44,49);1-2H3. The molecule has 0 radical (unpaired) electrons. The number of carbonyl (C=O) groups excluding carboxylic acids is 1. The molecule has 2 heterocycles. The van der Waals surface area contributed by atoms with Gasteiger partial charge in [-0.05, 0) is 53.9 Å². The van der Waals surface area contributed by atoms with Gasteiger partial charge in [0.15, 0.2) is 0 Å². The van der Waals surface area contributed by atoms with Crippen molar-refractivity contribution in [1.29, 1.82) is 0 Å². The maximum atomic E-state index is 12.7. The molecule has 0 unspecified atom stereocenters. The van der Waals surface area contributed by atoms with Gasteiger partial charge in [0.25, 0.3) is 5.91 Å². The van der Waals surface area contributed by atoms with E-state index in [1.807, 2.05) is 80.6 Å². The summed E-state index contributed by atoms with van der Waals surface area (Å²) in [5, 5.41) is 27.1. The Morgan fingerprint density at radius 1 is 0.750 bits per heavy atom. The molecule has 1 aliphatic rings. The summed E-state index contributed by atoms with van der Waals surface area (Å²) in [5.74, 6) is -0.367. The van der Waals surface area contributed by atoms with Crippen molar-refractivity contribution in [2.75, 3.05) is 5.48 Å². The van der Waals surface area contributed by atoms with Crippen LogP contribution in [0.25, 0.3) is 32.6 Å². The van der Waals surface area contributed by atoms with Gasteiger partial charge >= 0.3 is 0 Å². The molecule has 6 aromatic carbocycles. The zero-order valence-corrected chi connectivity index (χ0v) is 30.6. The van der Waals surface area contributed by atoms with E-state index in [1.165, 1.54) is 0 Å². The molecule has 0 fully saturated rings. The molecule has 0 bridgehead atoms. The predicted octanol–water partition coefficient (Wildman–Crippen LogP) is 12.6. The topological polar surface area (TPSA) is 123 Å².